The summed E-state index contributed by atoms with van der Waals surface area (Å²) >= 11 is 1.74. The Morgan fingerprint density at radius 3 is 2.38 bits per heavy atom. The van der Waals surface area contributed by atoms with Crippen molar-refractivity contribution >= 4 is 27.7 Å². The highest BCUT2D eigenvalue weighted by molar-refractivity contribution is 7.98. The number of sulfonamides is 1. The third-order valence-electron chi connectivity index (χ3n) is 4.35. The number of thioether (sulfide) groups is 1. The van der Waals surface area contributed by atoms with Gasteiger partial charge in [-0.05, 0) is 55.0 Å². The Bertz CT molecular complexity index is 940. The number of nitrogens with one attached hydrogen (secondary N) is 2. The lowest BCUT2D eigenvalue weighted by Gasteiger charge is -2.14. The number of rotatable bonds is 8. The van der Waals surface area contributed by atoms with Crippen LogP contribution in [-0.2, 0) is 23.1 Å². The minimum absolute atomic E-state index is 0.282. The molecule has 0 aliphatic rings. The molecule has 0 heterocycles. The van der Waals surface area contributed by atoms with Crippen LogP contribution in [0.5, 0.6) is 0 Å². The maximum atomic E-state index is 12.2. The number of benzene rings is 2. The van der Waals surface area contributed by atoms with Crippen molar-refractivity contribution in [3.63, 3.8) is 0 Å². The van der Waals surface area contributed by atoms with Crippen LogP contribution in [0.15, 0.2) is 57.2 Å². The third-order valence-corrected chi connectivity index (χ3v) is 7.00. The van der Waals surface area contributed by atoms with Gasteiger partial charge in [0.15, 0.2) is 5.96 Å². The average molecular weight is 435 g/mol. The van der Waals surface area contributed by atoms with Gasteiger partial charge in [0, 0.05) is 32.1 Å². The first kappa shape index (κ1) is 23.3. The van der Waals surface area contributed by atoms with E-state index in [0.29, 0.717) is 13.1 Å². The first-order chi connectivity index (χ1) is 13.8. The van der Waals surface area contributed by atoms with Crippen molar-refractivity contribution in [3.05, 3.63) is 59.2 Å². The zero-order valence-electron chi connectivity index (χ0n) is 17.7. The highest BCUT2D eigenvalue weighted by Gasteiger charge is 2.16. The highest BCUT2D eigenvalue weighted by Crippen LogP contribution is 2.21. The number of nitrogens with zero attached hydrogens (tertiary/aromatic N) is 2. The molecule has 2 rings (SSSR count). The van der Waals surface area contributed by atoms with Gasteiger partial charge in [0.2, 0.25) is 10.0 Å². The molecule has 0 saturated carbocycles. The summed E-state index contributed by atoms with van der Waals surface area (Å²) < 4.78 is 25.5. The molecule has 0 bridgehead atoms. The van der Waals surface area contributed by atoms with E-state index in [4.69, 9.17) is 0 Å². The minimum atomic E-state index is -3.41. The Morgan fingerprint density at radius 2 is 1.79 bits per heavy atom. The monoisotopic (exact) mass is 434 g/mol. The second-order valence-corrected chi connectivity index (χ2v) is 9.80. The van der Waals surface area contributed by atoms with Crippen LogP contribution in [0.3, 0.4) is 0 Å². The van der Waals surface area contributed by atoms with E-state index in [1.165, 1.54) is 34.4 Å². The van der Waals surface area contributed by atoms with Gasteiger partial charge < -0.3 is 10.6 Å². The Morgan fingerprint density at radius 1 is 1.10 bits per heavy atom. The molecular formula is C21H30N4O2S2. The van der Waals surface area contributed by atoms with E-state index in [9.17, 15) is 8.42 Å². The molecule has 0 saturated heterocycles. The van der Waals surface area contributed by atoms with Gasteiger partial charge >= 0.3 is 0 Å². The first-order valence-corrected chi connectivity index (χ1v) is 12.1. The van der Waals surface area contributed by atoms with Gasteiger partial charge in [-0.15, -0.1) is 11.8 Å². The summed E-state index contributed by atoms with van der Waals surface area (Å²) in [5.41, 5.74) is 3.42. The third kappa shape index (κ3) is 6.48. The van der Waals surface area contributed by atoms with Crippen LogP contribution < -0.4 is 10.6 Å². The summed E-state index contributed by atoms with van der Waals surface area (Å²) in [6, 6.07) is 13.3. The SMILES string of the molecule is CCNC(=NCc1ccc(S(=O)(=O)N(C)C)cc1)NCc1ccc(C)cc1SC. The van der Waals surface area contributed by atoms with Gasteiger partial charge in [0.05, 0.1) is 11.4 Å². The maximum Gasteiger partial charge on any atom is 0.242 e. The molecule has 0 atom stereocenters. The number of hydrogen-bond donors (Lipinski definition) is 2. The van der Waals surface area contributed by atoms with Crippen molar-refractivity contribution < 1.29 is 8.42 Å². The van der Waals surface area contributed by atoms with Crippen LogP contribution in [0.1, 0.15) is 23.6 Å². The molecule has 8 heteroatoms. The molecule has 158 valence electrons. The van der Waals surface area contributed by atoms with E-state index in [2.05, 4.69) is 47.0 Å². The number of guanidine groups is 1. The molecule has 2 aromatic rings. The van der Waals surface area contributed by atoms with Crippen molar-refractivity contribution in [2.24, 2.45) is 4.99 Å². The quantitative estimate of drug-likeness (QED) is 0.379. The normalized spacial score (nSPS) is 12.3. The van der Waals surface area contributed by atoms with E-state index in [1.54, 1.807) is 36.0 Å². The van der Waals surface area contributed by atoms with Crippen LogP contribution in [0, 0.1) is 6.92 Å². The van der Waals surface area contributed by atoms with E-state index >= 15 is 0 Å². The van der Waals surface area contributed by atoms with Gasteiger partial charge in [-0.1, -0.05) is 24.3 Å². The Kier molecular flexibility index (Phi) is 8.55. The maximum absolute atomic E-state index is 12.2. The standard InChI is InChI=1S/C21H30N4O2S2/c1-6-22-21(24-15-18-10-7-16(2)13-20(18)28-5)23-14-17-8-11-19(12-9-17)29(26,27)25(3)4/h7-13H,6,14-15H2,1-5H3,(H2,22,23,24). The largest absolute Gasteiger partial charge is 0.357 e. The second-order valence-electron chi connectivity index (χ2n) is 6.80. The highest BCUT2D eigenvalue weighted by atomic mass is 32.2. The average Bonchev–Trinajstić information content (AvgIpc) is 2.70. The molecule has 0 aliphatic heterocycles. The predicted octanol–water partition coefficient (Wildman–Crippen LogP) is 3.22. The van der Waals surface area contributed by atoms with Crippen LogP contribution >= 0.6 is 11.8 Å². The van der Waals surface area contributed by atoms with Gasteiger partial charge in [0.1, 0.15) is 0 Å². The van der Waals surface area contributed by atoms with E-state index in [0.717, 1.165) is 18.1 Å². The Labute approximate surface area is 178 Å². The van der Waals surface area contributed by atoms with Gasteiger partial charge in [-0.2, -0.15) is 0 Å². The molecule has 0 spiro atoms. The predicted molar refractivity (Wildman–Crippen MR) is 122 cm³/mol. The Hall–Kier alpha value is -2.03. The topological polar surface area (TPSA) is 73.8 Å². The van der Waals surface area contributed by atoms with Gasteiger partial charge in [-0.3, -0.25) is 0 Å². The minimum Gasteiger partial charge on any atom is -0.357 e. The molecule has 2 aromatic carbocycles. The zero-order chi connectivity index (χ0) is 21.4. The molecule has 0 aliphatic carbocycles. The van der Waals surface area contributed by atoms with E-state index < -0.39 is 10.0 Å². The molecule has 0 fully saturated rings. The molecule has 0 amide bonds. The molecule has 6 nitrogen and oxygen atoms in total. The van der Waals surface area contributed by atoms with E-state index in [-0.39, 0.29) is 4.90 Å². The summed E-state index contributed by atoms with van der Waals surface area (Å²) in [6.45, 7) is 6.02. The smallest absolute Gasteiger partial charge is 0.242 e. The van der Waals surface area contributed by atoms with Crippen molar-refractivity contribution in [1.29, 1.82) is 0 Å². The summed E-state index contributed by atoms with van der Waals surface area (Å²) in [7, 11) is -0.359. The van der Waals surface area contributed by atoms with Crippen molar-refractivity contribution in [2.45, 2.75) is 36.7 Å². The summed E-state index contributed by atoms with van der Waals surface area (Å²) in [5.74, 6) is 0.727. The van der Waals surface area contributed by atoms with E-state index in [1.807, 2.05) is 6.92 Å². The van der Waals surface area contributed by atoms with Crippen molar-refractivity contribution in [3.8, 4) is 0 Å². The summed E-state index contributed by atoms with van der Waals surface area (Å²) in [4.78, 5) is 6.16. The lowest BCUT2D eigenvalue weighted by atomic mass is 10.1. The summed E-state index contributed by atoms with van der Waals surface area (Å²) in [5, 5.41) is 6.63. The lowest BCUT2D eigenvalue weighted by molar-refractivity contribution is 0.520. The lowest BCUT2D eigenvalue weighted by Crippen LogP contribution is -2.36. The summed E-state index contributed by atoms with van der Waals surface area (Å²) in [6.07, 6.45) is 2.08. The number of aryl methyl sites for hydroxylation is 1. The molecule has 29 heavy (non-hydrogen) atoms. The number of hydrogen-bond acceptors (Lipinski definition) is 4. The second kappa shape index (κ2) is 10.7. The molecule has 2 N–H and O–H groups in total. The number of aliphatic imine (C=N–C) groups is 1. The van der Waals surface area contributed by atoms with Crippen LogP contribution in [0.25, 0.3) is 0 Å². The molecule has 0 radical (unpaired) electrons. The van der Waals surface area contributed by atoms with Crippen molar-refractivity contribution in [2.75, 3.05) is 26.9 Å². The van der Waals surface area contributed by atoms with Gasteiger partial charge in [0.25, 0.3) is 0 Å². The van der Waals surface area contributed by atoms with Crippen LogP contribution in [0.4, 0.5) is 0 Å². The van der Waals surface area contributed by atoms with Crippen LogP contribution in [-0.4, -0.2) is 45.6 Å². The fourth-order valence-corrected chi connectivity index (χ4v) is 4.27. The fourth-order valence-electron chi connectivity index (χ4n) is 2.67. The van der Waals surface area contributed by atoms with Crippen molar-refractivity contribution in [1.82, 2.24) is 14.9 Å². The van der Waals surface area contributed by atoms with Gasteiger partial charge in [-0.25, -0.2) is 17.7 Å². The zero-order valence-corrected chi connectivity index (χ0v) is 19.3. The van der Waals surface area contributed by atoms with Crippen LogP contribution in [0.2, 0.25) is 0 Å². The molecule has 0 aromatic heterocycles. The first-order valence-electron chi connectivity index (χ1n) is 9.45. The molecule has 0 unspecified atom stereocenters. The fraction of sp³-hybridized carbons (Fsp3) is 0.381. The Balaban J connectivity index is 2.07. The molecular weight excluding hydrogens is 404 g/mol.